The van der Waals surface area contributed by atoms with Crippen molar-refractivity contribution in [2.75, 3.05) is 42.6 Å². The van der Waals surface area contributed by atoms with E-state index in [1.807, 2.05) is 64.0 Å². The van der Waals surface area contributed by atoms with Crippen molar-refractivity contribution in [2.45, 2.75) is 31.3 Å². The molecule has 2 aromatic carbocycles. The van der Waals surface area contributed by atoms with Crippen molar-refractivity contribution in [3.8, 4) is 0 Å². The van der Waals surface area contributed by atoms with E-state index in [2.05, 4.69) is 11.0 Å². The molecule has 2 saturated heterocycles. The number of nitrogens with zero attached hydrogens (tertiary/aromatic N) is 3. The van der Waals surface area contributed by atoms with Gasteiger partial charge in [0.25, 0.3) is 5.91 Å². The maximum absolute atomic E-state index is 13.4. The van der Waals surface area contributed by atoms with E-state index in [4.69, 9.17) is 11.6 Å². The highest BCUT2D eigenvalue weighted by Crippen LogP contribution is 2.40. The van der Waals surface area contributed by atoms with E-state index in [0.717, 1.165) is 59.3 Å². The Morgan fingerprint density at radius 1 is 1.00 bits per heavy atom. The molecular formula is C25H28ClN3O2S. The maximum Gasteiger partial charge on any atom is 0.254 e. The molecule has 2 amide bonds. The zero-order valence-electron chi connectivity index (χ0n) is 18.1. The molecule has 5 nitrogen and oxygen atoms in total. The van der Waals surface area contributed by atoms with Crippen LogP contribution in [0.5, 0.6) is 0 Å². The predicted octanol–water partition coefficient (Wildman–Crippen LogP) is 4.30. The average molecular weight is 470 g/mol. The topological polar surface area (TPSA) is 43.9 Å². The smallest absolute Gasteiger partial charge is 0.254 e. The molecule has 0 N–H and O–H groups in total. The third-order valence-corrected chi connectivity index (χ3v) is 8.32. The number of carbonyl (C=O) groups is 2. The molecule has 0 aromatic heterocycles. The van der Waals surface area contributed by atoms with Gasteiger partial charge in [-0.15, -0.1) is 0 Å². The Bertz CT molecular complexity index is 1020. The monoisotopic (exact) mass is 469 g/mol. The number of hydrogen-bond acceptors (Lipinski definition) is 4. The fourth-order valence-electron chi connectivity index (χ4n) is 5.21. The van der Waals surface area contributed by atoms with Gasteiger partial charge in [-0.25, -0.2) is 0 Å². The molecule has 168 valence electrons. The fraction of sp³-hybridized carbons (Fsp3) is 0.440. The summed E-state index contributed by atoms with van der Waals surface area (Å²) in [5, 5.41) is 0.731. The largest absolute Gasteiger partial charge is 0.368 e. The number of benzene rings is 2. The predicted molar refractivity (Wildman–Crippen MR) is 130 cm³/mol. The summed E-state index contributed by atoms with van der Waals surface area (Å²) in [6.07, 6.45) is 2.18. The van der Waals surface area contributed by atoms with Crippen LogP contribution in [-0.4, -0.2) is 64.8 Å². The van der Waals surface area contributed by atoms with Gasteiger partial charge in [-0.3, -0.25) is 9.59 Å². The van der Waals surface area contributed by atoms with Crippen LogP contribution in [0.3, 0.4) is 0 Å². The first-order valence-corrected chi connectivity index (χ1v) is 12.8. The molecule has 0 bridgehead atoms. The number of piperazine rings is 1. The first kappa shape index (κ1) is 21.7. The third-order valence-electron chi connectivity index (χ3n) is 7.10. The van der Waals surface area contributed by atoms with E-state index in [1.165, 1.54) is 0 Å². The van der Waals surface area contributed by atoms with Gasteiger partial charge in [-0.05, 0) is 54.2 Å². The Morgan fingerprint density at radius 3 is 2.47 bits per heavy atom. The number of halogens is 1. The summed E-state index contributed by atoms with van der Waals surface area (Å²) < 4.78 is 0. The van der Waals surface area contributed by atoms with Gasteiger partial charge in [0.2, 0.25) is 5.91 Å². The minimum Gasteiger partial charge on any atom is -0.368 e. The molecule has 0 saturated carbocycles. The van der Waals surface area contributed by atoms with Crippen molar-refractivity contribution in [1.82, 2.24) is 9.80 Å². The van der Waals surface area contributed by atoms with Crippen LogP contribution in [0.2, 0.25) is 5.02 Å². The number of rotatable bonds is 4. The van der Waals surface area contributed by atoms with Crippen LogP contribution in [-0.2, 0) is 11.3 Å². The van der Waals surface area contributed by atoms with Crippen LogP contribution < -0.4 is 4.90 Å². The Labute approximate surface area is 198 Å². The lowest BCUT2D eigenvalue weighted by Crippen LogP contribution is -2.56. The number of thioether (sulfide) groups is 1. The van der Waals surface area contributed by atoms with Crippen LogP contribution in [0.4, 0.5) is 5.69 Å². The second-order valence-electron chi connectivity index (χ2n) is 8.91. The van der Waals surface area contributed by atoms with Gasteiger partial charge in [-0.2, -0.15) is 11.8 Å². The first-order valence-electron chi connectivity index (χ1n) is 11.3. The van der Waals surface area contributed by atoms with E-state index < -0.39 is 0 Å². The van der Waals surface area contributed by atoms with E-state index in [-0.39, 0.29) is 17.4 Å². The molecule has 5 rings (SSSR count). The lowest BCUT2D eigenvalue weighted by atomic mass is 9.85. The zero-order valence-corrected chi connectivity index (χ0v) is 19.7. The quantitative estimate of drug-likeness (QED) is 0.669. The Hall–Kier alpha value is -2.18. The Balaban J connectivity index is 1.28. The van der Waals surface area contributed by atoms with Crippen molar-refractivity contribution < 1.29 is 9.59 Å². The molecule has 7 heteroatoms. The Morgan fingerprint density at radius 2 is 1.75 bits per heavy atom. The number of amides is 2. The highest BCUT2D eigenvalue weighted by molar-refractivity contribution is 7.99. The second-order valence-corrected chi connectivity index (χ2v) is 10.6. The molecule has 0 radical (unpaired) electrons. The minimum absolute atomic E-state index is 0.0890. The number of anilines is 1. The Kier molecular flexibility index (Phi) is 6.08. The minimum atomic E-state index is -0.372. The highest BCUT2D eigenvalue weighted by Gasteiger charge is 2.46. The van der Waals surface area contributed by atoms with Crippen LogP contribution in [0.1, 0.15) is 35.2 Å². The van der Waals surface area contributed by atoms with Gasteiger partial charge in [0.1, 0.15) is 0 Å². The van der Waals surface area contributed by atoms with E-state index >= 15 is 0 Å². The van der Waals surface area contributed by atoms with E-state index in [1.54, 1.807) is 0 Å². The normalized spacial score (nSPS) is 20.4. The molecule has 3 aliphatic heterocycles. The summed E-state index contributed by atoms with van der Waals surface area (Å²) in [7, 11) is 0. The van der Waals surface area contributed by atoms with Crippen molar-refractivity contribution in [3.05, 3.63) is 64.7 Å². The summed E-state index contributed by atoms with van der Waals surface area (Å²) in [6, 6.07) is 15.8. The SMILES string of the molecule is O=C(CC1(N2Cc3ccccc3C2=O)CCSCC1)N1CCN(c2cccc(Cl)c2)CC1. The molecule has 0 atom stereocenters. The van der Waals surface area contributed by atoms with E-state index in [0.29, 0.717) is 26.1 Å². The van der Waals surface area contributed by atoms with Crippen molar-refractivity contribution in [1.29, 1.82) is 0 Å². The van der Waals surface area contributed by atoms with Gasteiger partial charge in [-0.1, -0.05) is 35.9 Å². The molecule has 3 heterocycles. The standard InChI is InChI=1S/C25H28ClN3O2S/c26-20-5-3-6-21(16-20)27-10-12-28(13-11-27)23(30)17-25(8-14-32-15-9-25)29-18-19-4-1-2-7-22(19)24(29)31/h1-7,16H,8-15,17-18H2. The van der Waals surface area contributed by atoms with Crippen molar-refractivity contribution >= 4 is 40.9 Å². The van der Waals surface area contributed by atoms with Crippen LogP contribution >= 0.6 is 23.4 Å². The molecule has 32 heavy (non-hydrogen) atoms. The summed E-state index contributed by atoms with van der Waals surface area (Å²) in [6.45, 7) is 3.61. The lowest BCUT2D eigenvalue weighted by molar-refractivity contribution is -0.134. The first-order chi connectivity index (χ1) is 15.6. The summed E-state index contributed by atoms with van der Waals surface area (Å²) in [5.41, 5.74) is 2.61. The fourth-order valence-corrected chi connectivity index (χ4v) is 6.65. The summed E-state index contributed by atoms with van der Waals surface area (Å²) in [4.78, 5) is 33.0. The molecule has 2 aromatic rings. The molecule has 3 aliphatic rings. The molecule has 0 unspecified atom stereocenters. The van der Waals surface area contributed by atoms with Gasteiger partial charge >= 0.3 is 0 Å². The molecular weight excluding hydrogens is 442 g/mol. The zero-order chi connectivity index (χ0) is 22.1. The van der Waals surface area contributed by atoms with Crippen LogP contribution in [0, 0.1) is 0 Å². The van der Waals surface area contributed by atoms with Gasteiger partial charge in [0, 0.05) is 49.0 Å². The average Bonchev–Trinajstić information content (AvgIpc) is 3.17. The van der Waals surface area contributed by atoms with Gasteiger partial charge in [0.05, 0.1) is 12.0 Å². The number of carbonyl (C=O) groups excluding carboxylic acids is 2. The van der Waals surface area contributed by atoms with Crippen LogP contribution in [0.25, 0.3) is 0 Å². The second kappa shape index (κ2) is 8.99. The van der Waals surface area contributed by atoms with Crippen molar-refractivity contribution in [3.63, 3.8) is 0 Å². The number of hydrogen-bond donors (Lipinski definition) is 0. The number of fused-ring (bicyclic) bond motifs is 1. The third kappa shape index (κ3) is 4.11. The summed E-state index contributed by atoms with van der Waals surface area (Å²) >= 11 is 8.07. The molecule has 0 aliphatic carbocycles. The van der Waals surface area contributed by atoms with Gasteiger partial charge < -0.3 is 14.7 Å². The molecule has 0 spiro atoms. The van der Waals surface area contributed by atoms with Crippen molar-refractivity contribution in [2.24, 2.45) is 0 Å². The van der Waals surface area contributed by atoms with Gasteiger partial charge in [0.15, 0.2) is 0 Å². The highest BCUT2D eigenvalue weighted by atomic mass is 35.5. The maximum atomic E-state index is 13.4. The molecule has 2 fully saturated rings. The van der Waals surface area contributed by atoms with Crippen LogP contribution in [0.15, 0.2) is 48.5 Å². The van der Waals surface area contributed by atoms with E-state index in [9.17, 15) is 9.59 Å². The lowest BCUT2D eigenvalue weighted by Gasteiger charge is -2.45. The summed E-state index contributed by atoms with van der Waals surface area (Å²) in [5.74, 6) is 2.25.